The maximum absolute atomic E-state index is 12.2. The lowest BCUT2D eigenvalue weighted by Crippen LogP contribution is -2.20. The number of ether oxygens (including phenoxy) is 3. The van der Waals surface area contributed by atoms with Gasteiger partial charge in [-0.2, -0.15) is 5.26 Å². The molecule has 0 aliphatic heterocycles. The van der Waals surface area contributed by atoms with Crippen molar-refractivity contribution in [2.45, 2.75) is 0 Å². The van der Waals surface area contributed by atoms with Gasteiger partial charge in [0.1, 0.15) is 5.75 Å². The molecule has 3 aromatic rings. The van der Waals surface area contributed by atoms with E-state index in [2.05, 4.69) is 11.4 Å². The highest BCUT2D eigenvalue weighted by Gasteiger charge is 2.14. The summed E-state index contributed by atoms with van der Waals surface area (Å²) < 4.78 is 16.2. The summed E-state index contributed by atoms with van der Waals surface area (Å²) in [6.45, 7) is -0.275. The number of carbonyl (C=O) groups is 1. The number of anilines is 1. The Bertz CT molecular complexity index is 1200. The quantitative estimate of drug-likeness (QED) is 0.310. The van der Waals surface area contributed by atoms with Gasteiger partial charge in [0.15, 0.2) is 18.1 Å². The highest BCUT2D eigenvalue weighted by molar-refractivity contribution is 6.32. The lowest BCUT2D eigenvalue weighted by molar-refractivity contribution is -0.118. The Morgan fingerprint density at radius 1 is 1.03 bits per heavy atom. The van der Waals surface area contributed by atoms with Crippen LogP contribution in [0.15, 0.2) is 60.7 Å². The number of hydrogen-bond acceptors (Lipinski definition) is 5. The second-order valence-corrected chi connectivity index (χ2v) is 7.62. The van der Waals surface area contributed by atoms with Gasteiger partial charge >= 0.3 is 0 Å². The molecule has 0 heterocycles. The van der Waals surface area contributed by atoms with E-state index in [1.165, 1.54) is 7.11 Å². The zero-order valence-electron chi connectivity index (χ0n) is 17.9. The zero-order chi connectivity index (χ0) is 23.8. The number of rotatable bonds is 8. The largest absolute Gasteiger partial charge is 0.497 e. The molecular weight excluding hydrogens is 463 g/mol. The van der Waals surface area contributed by atoms with Crippen LogP contribution in [0.2, 0.25) is 10.0 Å². The molecule has 3 rings (SSSR count). The van der Waals surface area contributed by atoms with Crippen LogP contribution >= 0.6 is 23.2 Å². The molecule has 1 N–H and O–H groups in total. The summed E-state index contributed by atoms with van der Waals surface area (Å²) in [5.41, 5.74) is 2.40. The van der Waals surface area contributed by atoms with E-state index in [0.717, 1.165) is 5.56 Å². The van der Waals surface area contributed by atoms with E-state index in [4.69, 9.17) is 37.4 Å². The van der Waals surface area contributed by atoms with Crippen LogP contribution in [-0.4, -0.2) is 26.7 Å². The number of nitrogens with one attached hydrogen (secondary N) is 1. The van der Waals surface area contributed by atoms with Gasteiger partial charge in [0.25, 0.3) is 5.91 Å². The lowest BCUT2D eigenvalue weighted by atomic mass is 10.0. The maximum atomic E-state index is 12.2. The Labute approximate surface area is 201 Å². The monoisotopic (exact) mass is 482 g/mol. The molecule has 0 fully saturated rings. The van der Waals surface area contributed by atoms with Gasteiger partial charge in [0.2, 0.25) is 0 Å². The number of nitriles is 1. The van der Waals surface area contributed by atoms with Crippen LogP contribution in [0, 0.1) is 11.3 Å². The van der Waals surface area contributed by atoms with Gasteiger partial charge in [-0.1, -0.05) is 23.2 Å². The van der Waals surface area contributed by atoms with Crippen molar-refractivity contribution in [1.82, 2.24) is 0 Å². The molecule has 0 saturated heterocycles. The third-order valence-electron chi connectivity index (χ3n) is 4.56. The molecule has 0 radical (unpaired) electrons. The first-order valence-corrected chi connectivity index (χ1v) is 10.5. The van der Waals surface area contributed by atoms with Gasteiger partial charge in [0, 0.05) is 10.7 Å². The van der Waals surface area contributed by atoms with Crippen LogP contribution in [0.4, 0.5) is 5.69 Å². The first kappa shape index (κ1) is 24.0. The fraction of sp³-hybridized carbons (Fsp3) is 0.120. The minimum absolute atomic E-state index is 0.227. The summed E-state index contributed by atoms with van der Waals surface area (Å²) >= 11 is 12.3. The number of allylic oxidation sites excluding steroid dienone is 1. The number of methoxy groups -OCH3 is 2. The summed E-state index contributed by atoms with van der Waals surface area (Å²) in [7, 11) is 3.05. The summed E-state index contributed by atoms with van der Waals surface area (Å²) in [6.07, 6.45) is 1.69. The molecule has 0 aliphatic carbocycles. The summed E-state index contributed by atoms with van der Waals surface area (Å²) in [5, 5.41) is 13.1. The standard InChI is InChI=1S/C25H20Cl2N2O4/c1-31-21-9-3-17(4-10-21)18(14-28)11-16-12-22(27)25(23(13-16)32-2)33-15-24(30)29-20-7-5-19(26)6-8-20/h3-13H,15H2,1-2H3,(H,29,30)/b18-11+. The van der Waals surface area contributed by atoms with E-state index in [1.807, 2.05) is 0 Å². The topological polar surface area (TPSA) is 80.6 Å². The van der Waals surface area contributed by atoms with Gasteiger partial charge < -0.3 is 19.5 Å². The smallest absolute Gasteiger partial charge is 0.262 e. The van der Waals surface area contributed by atoms with Crippen LogP contribution in [-0.2, 0) is 4.79 Å². The highest BCUT2D eigenvalue weighted by atomic mass is 35.5. The van der Waals surface area contributed by atoms with E-state index in [-0.39, 0.29) is 23.3 Å². The maximum Gasteiger partial charge on any atom is 0.262 e. The predicted octanol–water partition coefficient (Wildman–Crippen LogP) is 6.09. The number of halogens is 2. The van der Waals surface area contributed by atoms with E-state index in [1.54, 1.807) is 73.8 Å². The van der Waals surface area contributed by atoms with Crippen LogP contribution in [0.3, 0.4) is 0 Å². The molecular formula is C25H20Cl2N2O4. The molecule has 1 amide bonds. The normalized spacial score (nSPS) is 10.8. The molecule has 0 unspecified atom stereocenters. The molecule has 0 aromatic heterocycles. The molecule has 6 nitrogen and oxygen atoms in total. The van der Waals surface area contributed by atoms with Gasteiger partial charge in [-0.05, 0) is 77.9 Å². The van der Waals surface area contributed by atoms with Crippen molar-refractivity contribution >= 4 is 46.4 Å². The predicted molar refractivity (Wildman–Crippen MR) is 130 cm³/mol. The van der Waals surface area contributed by atoms with Crippen molar-refractivity contribution in [3.05, 3.63) is 81.8 Å². The number of nitrogens with zero attached hydrogens (tertiary/aromatic N) is 1. The Morgan fingerprint density at radius 2 is 1.73 bits per heavy atom. The molecule has 168 valence electrons. The van der Waals surface area contributed by atoms with Crippen molar-refractivity contribution in [3.8, 4) is 23.3 Å². The van der Waals surface area contributed by atoms with Crippen molar-refractivity contribution in [2.75, 3.05) is 26.1 Å². The Hall–Kier alpha value is -3.66. The van der Waals surface area contributed by atoms with Gasteiger partial charge in [-0.25, -0.2) is 0 Å². The molecule has 0 aliphatic rings. The van der Waals surface area contributed by atoms with Crippen LogP contribution in [0.5, 0.6) is 17.2 Å². The first-order valence-electron chi connectivity index (χ1n) is 9.75. The Balaban J connectivity index is 1.77. The van der Waals surface area contributed by atoms with E-state index in [9.17, 15) is 10.1 Å². The molecule has 0 atom stereocenters. The average Bonchev–Trinajstić information content (AvgIpc) is 2.83. The van der Waals surface area contributed by atoms with Crippen molar-refractivity contribution in [2.24, 2.45) is 0 Å². The second-order valence-electron chi connectivity index (χ2n) is 6.78. The molecule has 0 spiro atoms. The summed E-state index contributed by atoms with van der Waals surface area (Å²) in [4.78, 5) is 12.2. The van der Waals surface area contributed by atoms with Gasteiger partial charge in [0.05, 0.1) is 30.9 Å². The van der Waals surface area contributed by atoms with Crippen LogP contribution in [0.1, 0.15) is 11.1 Å². The van der Waals surface area contributed by atoms with E-state index < -0.39 is 0 Å². The first-order chi connectivity index (χ1) is 15.9. The van der Waals surface area contributed by atoms with Crippen LogP contribution in [0.25, 0.3) is 11.6 Å². The molecule has 33 heavy (non-hydrogen) atoms. The summed E-state index contributed by atoms with van der Waals surface area (Å²) in [5.74, 6) is 0.888. The van der Waals surface area contributed by atoms with Crippen molar-refractivity contribution in [1.29, 1.82) is 5.26 Å². The number of hydrogen-bond donors (Lipinski definition) is 1. The van der Waals surface area contributed by atoms with Gasteiger partial charge in [-0.3, -0.25) is 4.79 Å². The van der Waals surface area contributed by atoms with Crippen molar-refractivity contribution in [3.63, 3.8) is 0 Å². The third kappa shape index (κ3) is 6.42. The molecule has 0 bridgehead atoms. The summed E-state index contributed by atoms with van der Waals surface area (Å²) in [6, 6.07) is 19.4. The highest BCUT2D eigenvalue weighted by Crippen LogP contribution is 2.37. The number of amides is 1. The minimum Gasteiger partial charge on any atom is -0.497 e. The molecule has 0 saturated carbocycles. The molecule has 8 heteroatoms. The zero-order valence-corrected chi connectivity index (χ0v) is 19.4. The van der Waals surface area contributed by atoms with E-state index >= 15 is 0 Å². The fourth-order valence-corrected chi connectivity index (χ4v) is 3.35. The number of benzene rings is 3. The Kier molecular flexibility index (Phi) is 8.20. The SMILES string of the molecule is COc1ccc(/C(C#N)=C/c2cc(Cl)c(OCC(=O)Nc3ccc(Cl)cc3)c(OC)c2)cc1. The van der Waals surface area contributed by atoms with Crippen LogP contribution < -0.4 is 19.5 Å². The Morgan fingerprint density at radius 3 is 2.33 bits per heavy atom. The lowest BCUT2D eigenvalue weighted by Gasteiger charge is -2.13. The minimum atomic E-state index is -0.370. The van der Waals surface area contributed by atoms with E-state index in [0.29, 0.717) is 33.3 Å². The second kappa shape index (κ2) is 11.3. The van der Waals surface area contributed by atoms with Crippen molar-refractivity contribution < 1.29 is 19.0 Å². The third-order valence-corrected chi connectivity index (χ3v) is 5.09. The number of carbonyl (C=O) groups excluding carboxylic acids is 1. The molecule has 3 aromatic carbocycles. The average molecular weight is 483 g/mol. The fourth-order valence-electron chi connectivity index (χ4n) is 2.95. The van der Waals surface area contributed by atoms with Gasteiger partial charge in [-0.15, -0.1) is 0 Å².